The van der Waals surface area contributed by atoms with Gasteiger partial charge >= 0.3 is 0 Å². The molecule has 0 spiro atoms. The first-order valence-electron chi connectivity index (χ1n) is 6.73. The number of hydrogen-bond donors (Lipinski definition) is 2. The molecule has 3 atom stereocenters. The number of likely N-dealkylation sites (tertiary alicyclic amines) is 1. The highest BCUT2D eigenvalue weighted by Crippen LogP contribution is 2.45. The number of rotatable bonds is 2. The van der Waals surface area contributed by atoms with E-state index < -0.39 is 5.60 Å². The summed E-state index contributed by atoms with van der Waals surface area (Å²) in [5.41, 5.74) is 5.11. The monoisotopic (exact) mass is 242 g/mol. The van der Waals surface area contributed by atoms with E-state index in [1.165, 1.54) is 0 Å². The zero-order chi connectivity index (χ0) is 12.5. The minimum absolute atomic E-state index is 0.221. The van der Waals surface area contributed by atoms with Crippen molar-refractivity contribution in [3.05, 3.63) is 0 Å². The summed E-state index contributed by atoms with van der Waals surface area (Å²) in [5.74, 6) is 0. The third kappa shape index (κ3) is 2.24. The number of ether oxygens (including phenoxy) is 1. The van der Waals surface area contributed by atoms with Gasteiger partial charge in [0.15, 0.2) is 0 Å². The lowest BCUT2D eigenvalue weighted by atomic mass is 9.63. The van der Waals surface area contributed by atoms with Gasteiger partial charge in [-0.15, -0.1) is 0 Å². The normalized spacial score (nSPS) is 44.8. The first kappa shape index (κ1) is 13.3. The van der Waals surface area contributed by atoms with Gasteiger partial charge in [-0.3, -0.25) is 0 Å². The standard InChI is InChI=1S/C13H26N2O2/c1-11-8-13(16,5-6-15(11)2)12(9-14)4-3-7-17-10-12/h11,16H,3-10,14H2,1-2H3. The van der Waals surface area contributed by atoms with Gasteiger partial charge in [0.1, 0.15) is 0 Å². The van der Waals surface area contributed by atoms with Gasteiger partial charge in [-0.25, -0.2) is 0 Å². The molecule has 0 aromatic heterocycles. The minimum Gasteiger partial charge on any atom is -0.389 e. The number of hydrogen-bond acceptors (Lipinski definition) is 4. The second kappa shape index (κ2) is 4.84. The molecule has 100 valence electrons. The first-order valence-corrected chi connectivity index (χ1v) is 6.73. The average molecular weight is 242 g/mol. The zero-order valence-corrected chi connectivity index (χ0v) is 11.1. The van der Waals surface area contributed by atoms with Crippen molar-refractivity contribution in [3.63, 3.8) is 0 Å². The van der Waals surface area contributed by atoms with Crippen LogP contribution in [0.2, 0.25) is 0 Å². The lowest BCUT2D eigenvalue weighted by Crippen LogP contribution is -2.62. The summed E-state index contributed by atoms with van der Waals surface area (Å²) in [6, 6.07) is 0.416. The lowest BCUT2D eigenvalue weighted by Gasteiger charge is -2.53. The molecule has 4 heteroatoms. The van der Waals surface area contributed by atoms with Crippen molar-refractivity contribution in [1.29, 1.82) is 0 Å². The van der Waals surface area contributed by atoms with Crippen molar-refractivity contribution < 1.29 is 9.84 Å². The second-order valence-corrected chi connectivity index (χ2v) is 5.96. The molecule has 0 radical (unpaired) electrons. The van der Waals surface area contributed by atoms with E-state index in [0.29, 0.717) is 19.2 Å². The maximum Gasteiger partial charge on any atom is 0.0764 e. The molecular formula is C13H26N2O2. The molecule has 2 aliphatic rings. The summed E-state index contributed by atoms with van der Waals surface area (Å²) >= 11 is 0. The van der Waals surface area contributed by atoms with E-state index in [1.54, 1.807) is 0 Å². The number of nitrogens with two attached hydrogens (primary N) is 1. The summed E-state index contributed by atoms with van der Waals surface area (Å²) in [7, 11) is 2.12. The van der Waals surface area contributed by atoms with Crippen molar-refractivity contribution in [2.24, 2.45) is 11.1 Å². The molecule has 0 saturated carbocycles. The first-order chi connectivity index (χ1) is 8.03. The Balaban J connectivity index is 2.17. The molecule has 0 aliphatic carbocycles. The summed E-state index contributed by atoms with van der Waals surface area (Å²) in [6.45, 7) is 5.08. The molecule has 17 heavy (non-hydrogen) atoms. The number of piperidine rings is 1. The van der Waals surface area contributed by atoms with E-state index in [4.69, 9.17) is 10.5 Å². The van der Waals surface area contributed by atoms with Gasteiger partial charge in [-0.05, 0) is 39.7 Å². The predicted octanol–water partition coefficient (Wildman–Crippen LogP) is 0.587. The van der Waals surface area contributed by atoms with Gasteiger partial charge in [0.2, 0.25) is 0 Å². The third-order valence-electron chi connectivity index (χ3n) is 4.96. The number of aliphatic hydroxyl groups is 1. The topological polar surface area (TPSA) is 58.7 Å². The highest BCUT2D eigenvalue weighted by atomic mass is 16.5. The molecule has 0 aromatic rings. The summed E-state index contributed by atoms with van der Waals surface area (Å²) in [6.07, 6.45) is 3.64. The Bertz CT molecular complexity index is 266. The SMILES string of the molecule is CC1CC(O)(C2(CN)CCCOC2)CCN1C. The van der Waals surface area contributed by atoms with Gasteiger partial charge in [0.05, 0.1) is 12.2 Å². The minimum atomic E-state index is -0.645. The van der Waals surface area contributed by atoms with Crippen LogP contribution in [0, 0.1) is 5.41 Å². The predicted molar refractivity (Wildman–Crippen MR) is 67.8 cm³/mol. The Hall–Kier alpha value is -0.160. The molecule has 2 saturated heterocycles. The van der Waals surface area contributed by atoms with E-state index in [2.05, 4.69) is 18.9 Å². The maximum atomic E-state index is 11.0. The summed E-state index contributed by atoms with van der Waals surface area (Å²) in [5, 5.41) is 11.0. The van der Waals surface area contributed by atoms with Gasteiger partial charge in [0, 0.05) is 31.2 Å². The molecule has 3 unspecified atom stereocenters. The largest absolute Gasteiger partial charge is 0.389 e. The van der Waals surface area contributed by atoms with Crippen molar-refractivity contribution in [3.8, 4) is 0 Å². The van der Waals surface area contributed by atoms with Crippen LogP contribution < -0.4 is 5.73 Å². The van der Waals surface area contributed by atoms with Crippen LogP contribution in [0.3, 0.4) is 0 Å². The Morgan fingerprint density at radius 3 is 2.76 bits per heavy atom. The summed E-state index contributed by atoms with van der Waals surface area (Å²) < 4.78 is 5.60. The quantitative estimate of drug-likeness (QED) is 0.744. The highest BCUT2D eigenvalue weighted by molar-refractivity contribution is 5.04. The van der Waals surface area contributed by atoms with Crippen molar-refractivity contribution in [1.82, 2.24) is 4.90 Å². The highest BCUT2D eigenvalue weighted by Gasteiger charge is 2.52. The fourth-order valence-electron chi connectivity index (χ4n) is 3.38. The molecule has 0 bridgehead atoms. The van der Waals surface area contributed by atoms with Crippen LogP contribution in [0.4, 0.5) is 0 Å². The third-order valence-corrected chi connectivity index (χ3v) is 4.96. The van der Waals surface area contributed by atoms with Crippen LogP contribution in [0.1, 0.15) is 32.6 Å². The van der Waals surface area contributed by atoms with E-state index >= 15 is 0 Å². The van der Waals surface area contributed by atoms with Crippen molar-refractivity contribution in [2.45, 2.75) is 44.2 Å². The van der Waals surface area contributed by atoms with E-state index in [-0.39, 0.29) is 5.41 Å². The second-order valence-electron chi connectivity index (χ2n) is 5.96. The van der Waals surface area contributed by atoms with Gasteiger partial charge in [-0.1, -0.05) is 0 Å². The summed E-state index contributed by atoms with van der Waals surface area (Å²) in [4.78, 5) is 2.31. The average Bonchev–Trinajstić information content (AvgIpc) is 2.35. The van der Waals surface area contributed by atoms with Crippen LogP contribution in [-0.4, -0.2) is 55.0 Å². The van der Waals surface area contributed by atoms with Crippen LogP contribution in [0.15, 0.2) is 0 Å². The molecule has 2 fully saturated rings. The molecule has 4 nitrogen and oxygen atoms in total. The Labute approximate surface area is 104 Å². The molecule has 0 amide bonds. The molecule has 0 aromatic carbocycles. The van der Waals surface area contributed by atoms with Gasteiger partial charge in [0.25, 0.3) is 0 Å². The van der Waals surface area contributed by atoms with Crippen LogP contribution in [-0.2, 0) is 4.74 Å². The van der Waals surface area contributed by atoms with Crippen molar-refractivity contribution in [2.75, 3.05) is 33.4 Å². The Kier molecular flexibility index (Phi) is 3.78. The van der Waals surface area contributed by atoms with Crippen LogP contribution in [0.5, 0.6) is 0 Å². The molecule has 3 N–H and O–H groups in total. The molecule has 2 aliphatic heterocycles. The molecule has 2 heterocycles. The lowest BCUT2D eigenvalue weighted by molar-refractivity contribution is -0.172. The molecule has 2 rings (SSSR count). The van der Waals surface area contributed by atoms with Crippen LogP contribution >= 0.6 is 0 Å². The fraction of sp³-hybridized carbons (Fsp3) is 1.00. The Morgan fingerprint density at radius 1 is 1.47 bits per heavy atom. The zero-order valence-electron chi connectivity index (χ0n) is 11.1. The van der Waals surface area contributed by atoms with Gasteiger partial charge in [-0.2, -0.15) is 0 Å². The maximum absolute atomic E-state index is 11.0. The van der Waals surface area contributed by atoms with Crippen LogP contribution in [0.25, 0.3) is 0 Å². The Morgan fingerprint density at radius 2 is 2.24 bits per heavy atom. The van der Waals surface area contributed by atoms with Crippen molar-refractivity contribution >= 4 is 0 Å². The molecular weight excluding hydrogens is 216 g/mol. The van der Waals surface area contributed by atoms with E-state index in [9.17, 15) is 5.11 Å². The smallest absolute Gasteiger partial charge is 0.0764 e. The van der Waals surface area contributed by atoms with E-state index in [0.717, 1.165) is 38.8 Å². The van der Waals surface area contributed by atoms with E-state index in [1.807, 2.05) is 0 Å². The number of nitrogens with zero attached hydrogens (tertiary/aromatic N) is 1. The van der Waals surface area contributed by atoms with Gasteiger partial charge < -0.3 is 20.5 Å². The fourth-order valence-corrected chi connectivity index (χ4v) is 3.38.